The Morgan fingerprint density at radius 1 is 1.15 bits per heavy atom. The van der Waals surface area contributed by atoms with Gasteiger partial charge in [0.15, 0.2) is 0 Å². The van der Waals surface area contributed by atoms with Crippen LogP contribution in [0.2, 0.25) is 0 Å². The summed E-state index contributed by atoms with van der Waals surface area (Å²) in [7, 11) is 0. The van der Waals surface area contributed by atoms with E-state index in [1.54, 1.807) is 0 Å². The Morgan fingerprint density at radius 2 is 2.00 bits per heavy atom. The molecule has 1 aromatic heterocycles. The van der Waals surface area contributed by atoms with Gasteiger partial charge in [0.25, 0.3) is 0 Å². The Labute approximate surface area is 81.6 Å². The molecule has 0 aliphatic heterocycles. The summed E-state index contributed by atoms with van der Waals surface area (Å²) in [5.41, 5.74) is 2.85. The minimum atomic E-state index is 1.14. The average molecular weight is 179 g/mol. The minimum Gasteiger partial charge on any atom is -0.365 e. The van der Waals surface area contributed by atoms with Crippen molar-refractivity contribution in [2.24, 2.45) is 0 Å². The van der Waals surface area contributed by atoms with Crippen molar-refractivity contribution in [2.45, 2.75) is 52.4 Å². The van der Waals surface area contributed by atoms with E-state index in [9.17, 15) is 0 Å². The van der Waals surface area contributed by atoms with Crippen molar-refractivity contribution in [3.8, 4) is 0 Å². The highest BCUT2D eigenvalue weighted by Crippen LogP contribution is 2.09. The predicted molar refractivity (Wildman–Crippen MR) is 58.0 cm³/mol. The molecule has 0 radical (unpaired) electrons. The fourth-order valence-electron chi connectivity index (χ4n) is 1.58. The molecule has 1 N–H and O–H groups in total. The molecule has 1 heterocycles. The molecular weight excluding hydrogens is 158 g/mol. The predicted octanol–water partition coefficient (Wildman–Crippen LogP) is 3.70. The number of aromatic amines is 1. The first kappa shape index (κ1) is 10.4. The van der Waals surface area contributed by atoms with E-state index >= 15 is 0 Å². The monoisotopic (exact) mass is 179 g/mol. The highest BCUT2D eigenvalue weighted by atomic mass is 14.7. The van der Waals surface area contributed by atoms with Gasteiger partial charge in [-0.3, -0.25) is 0 Å². The van der Waals surface area contributed by atoms with Gasteiger partial charge in [-0.05, 0) is 30.9 Å². The number of H-pyrrole nitrogens is 1. The van der Waals surface area contributed by atoms with E-state index in [1.807, 2.05) is 0 Å². The van der Waals surface area contributed by atoms with Crippen LogP contribution < -0.4 is 0 Å². The lowest BCUT2D eigenvalue weighted by Crippen LogP contribution is -1.84. The fourth-order valence-corrected chi connectivity index (χ4v) is 1.58. The summed E-state index contributed by atoms with van der Waals surface area (Å²) in [5.74, 6) is 0. The van der Waals surface area contributed by atoms with Crippen LogP contribution in [0.1, 0.15) is 50.8 Å². The van der Waals surface area contributed by atoms with E-state index in [0.29, 0.717) is 0 Å². The van der Waals surface area contributed by atoms with Crippen LogP contribution in [-0.2, 0) is 12.8 Å². The van der Waals surface area contributed by atoms with Crippen molar-refractivity contribution < 1.29 is 0 Å². The maximum Gasteiger partial charge on any atom is 0.0149 e. The standard InChI is InChI=1S/C12H21N/c1-3-5-6-7-8-12-9-11(4-2)10-13-12/h9-10,13H,3-8H2,1-2H3. The molecular formula is C12H21N. The lowest BCUT2D eigenvalue weighted by Gasteiger charge is -1.96. The number of aromatic nitrogens is 1. The van der Waals surface area contributed by atoms with Gasteiger partial charge in [-0.25, -0.2) is 0 Å². The van der Waals surface area contributed by atoms with Crippen LogP contribution in [-0.4, -0.2) is 4.98 Å². The Balaban J connectivity index is 2.20. The summed E-state index contributed by atoms with van der Waals surface area (Å²) >= 11 is 0. The third-order valence-electron chi connectivity index (χ3n) is 2.51. The van der Waals surface area contributed by atoms with Crippen molar-refractivity contribution >= 4 is 0 Å². The summed E-state index contributed by atoms with van der Waals surface area (Å²) < 4.78 is 0. The summed E-state index contributed by atoms with van der Waals surface area (Å²) in [5, 5.41) is 0. The molecule has 0 aromatic carbocycles. The first-order valence-corrected chi connectivity index (χ1v) is 5.53. The summed E-state index contributed by atoms with van der Waals surface area (Å²) in [6.45, 7) is 4.45. The molecule has 0 amide bonds. The molecule has 0 aliphatic rings. The van der Waals surface area contributed by atoms with E-state index in [4.69, 9.17) is 0 Å². The number of hydrogen-bond acceptors (Lipinski definition) is 0. The second kappa shape index (κ2) is 5.85. The number of aryl methyl sites for hydroxylation is 2. The van der Waals surface area contributed by atoms with Crippen LogP contribution in [0.3, 0.4) is 0 Å². The van der Waals surface area contributed by atoms with E-state index in [1.165, 1.54) is 43.4 Å². The number of rotatable bonds is 6. The minimum absolute atomic E-state index is 1.14. The molecule has 1 heteroatoms. The smallest absolute Gasteiger partial charge is 0.0149 e. The molecule has 1 aromatic rings. The molecule has 0 saturated carbocycles. The van der Waals surface area contributed by atoms with Gasteiger partial charge in [0.1, 0.15) is 0 Å². The van der Waals surface area contributed by atoms with Gasteiger partial charge in [-0.15, -0.1) is 0 Å². The van der Waals surface area contributed by atoms with Gasteiger partial charge in [0.05, 0.1) is 0 Å². The van der Waals surface area contributed by atoms with Gasteiger partial charge in [0.2, 0.25) is 0 Å². The van der Waals surface area contributed by atoms with E-state index < -0.39 is 0 Å². The lowest BCUT2D eigenvalue weighted by molar-refractivity contribution is 0.662. The Hall–Kier alpha value is -0.720. The van der Waals surface area contributed by atoms with Crippen LogP contribution in [0.4, 0.5) is 0 Å². The first-order valence-electron chi connectivity index (χ1n) is 5.53. The van der Waals surface area contributed by atoms with Crippen LogP contribution in [0.25, 0.3) is 0 Å². The van der Waals surface area contributed by atoms with Crippen LogP contribution >= 0.6 is 0 Å². The van der Waals surface area contributed by atoms with Gasteiger partial charge >= 0.3 is 0 Å². The maximum absolute atomic E-state index is 3.33. The highest BCUT2D eigenvalue weighted by molar-refractivity contribution is 5.16. The summed E-state index contributed by atoms with van der Waals surface area (Å²) in [6, 6.07) is 2.30. The van der Waals surface area contributed by atoms with Gasteiger partial charge in [-0.2, -0.15) is 0 Å². The van der Waals surface area contributed by atoms with Gasteiger partial charge in [0, 0.05) is 11.9 Å². The molecule has 0 unspecified atom stereocenters. The van der Waals surface area contributed by atoms with Crippen LogP contribution in [0, 0.1) is 0 Å². The number of nitrogens with one attached hydrogen (secondary N) is 1. The normalized spacial score (nSPS) is 10.6. The molecule has 0 aliphatic carbocycles. The molecule has 0 spiro atoms. The molecule has 0 bridgehead atoms. The Kier molecular flexibility index (Phi) is 4.66. The Bertz CT molecular complexity index is 225. The number of hydrogen-bond donors (Lipinski definition) is 1. The summed E-state index contributed by atoms with van der Waals surface area (Å²) in [4.78, 5) is 3.33. The molecule has 0 saturated heterocycles. The maximum atomic E-state index is 3.33. The first-order chi connectivity index (χ1) is 6.36. The van der Waals surface area contributed by atoms with E-state index in [-0.39, 0.29) is 0 Å². The SMILES string of the molecule is CCCCCCc1cc(CC)c[nH]1. The van der Waals surface area contributed by atoms with Crippen molar-refractivity contribution in [1.82, 2.24) is 4.98 Å². The molecule has 0 atom stereocenters. The van der Waals surface area contributed by atoms with Crippen LogP contribution in [0.5, 0.6) is 0 Å². The Morgan fingerprint density at radius 3 is 2.62 bits per heavy atom. The zero-order valence-electron chi connectivity index (χ0n) is 8.90. The zero-order valence-corrected chi connectivity index (χ0v) is 8.90. The van der Waals surface area contributed by atoms with Gasteiger partial charge in [-0.1, -0.05) is 33.1 Å². The quantitative estimate of drug-likeness (QED) is 0.641. The van der Waals surface area contributed by atoms with Crippen molar-refractivity contribution in [3.05, 3.63) is 23.5 Å². The van der Waals surface area contributed by atoms with Crippen molar-refractivity contribution in [2.75, 3.05) is 0 Å². The van der Waals surface area contributed by atoms with Crippen LogP contribution in [0.15, 0.2) is 12.3 Å². The molecule has 74 valence electrons. The third kappa shape index (κ3) is 3.67. The van der Waals surface area contributed by atoms with E-state index in [2.05, 4.69) is 31.1 Å². The topological polar surface area (TPSA) is 15.8 Å². The second-order valence-electron chi connectivity index (χ2n) is 3.70. The van der Waals surface area contributed by atoms with Gasteiger partial charge < -0.3 is 4.98 Å². The van der Waals surface area contributed by atoms with Crippen molar-refractivity contribution in [3.63, 3.8) is 0 Å². The largest absolute Gasteiger partial charge is 0.365 e. The van der Waals surface area contributed by atoms with Crippen molar-refractivity contribution in [1.29, 1.82) is 0 Å². The number of unbranched alkanes of at least 4 members (excludes halogenated alkanes) is 3. The average Bonchev–Trinajstić information content (AvgIpc) is 2.60. The molecule has 1 rings (SSSR count). The third-order valence-corrected chi connectivity index (χ3v) is 2.51. The summed E-state index contributed by atoms with van der Waals surface area (Å²) in [6.07, 6.45) is 9.90. The molecule has 0 fully saturated rings. The molecule has 13 heavy (non-hydrogen) atoms. The van der Waals surface area contributed by atoms with E-state index in [0.717, 1.165) is 6.42 Å². The molecule has 1 nitrogen and oxygen atoms in total. The lowest BCUT2D eigenvalue weighted by atomic mass is 10.1. The highest BCUT2D eigenvalue weighted by Gasteiger charge is 1.96. The fraction of sp³-hybridized carbons (Fsp3) is 0.667. The second-order valence-corrected chi connectivity index (χ2v) is 3.70. The zero-order chi connectivity index (χ0) is 9.52.